The standard InChI is InChI=1S/C13H16FN/c1-3-7-13(2)12-5-4-11(14)9-10(12)6-8-15-13/h3-5,9,15H,1,6-8H2,2H3. The summed E-state index contributed by atoms with van der Waals surface area (Å²) in [6.45, 7) is 6.82. The highest BCUT2D eigenvalue weighted by Gasteiger charge is 2.30. The van der Waals surface area contributed by atoms with Crippen molar-refractivity contribution in [2.24, 2.45) is 0 Å². The van der Waals surface area contributed by atoms with E-state index in [-0.39, 0.29) is 11.4 Å². The maximum absolute atomic E-state index is 13.1. The normalized spacial score (nSPS) is 24.7. The van der Waals surface area contributed by atoms with Crippen LogP contribution in [0.3, 0.4) is 0 Å². The van der Waals surface area contributed by atoms with Gasteiger partial charge in [-0.05, 0) is 43.0 Å². The number of rotatable bonds is 2. The molecular weight excluding hydrogens is 189 g/mol. The first-order chi connectivity index (χ1) is 7.15. The van der Waals surface area contributed by atoms with Gasteiger partial charge in [0.2, 0.25) is 0 Å². The molecule has 1 aliphatic rings. The van der Waals surface area contributed by atoms with E-state index in [1.54, 1.807) is 6.07 Å². The van der Waals surface area contributed by atoms with Crippen LogP contribution in [0.5, 0.6) is 0 Å². The number of halogens is 1. The van der Waals surface area contributed by atoms with Crippen LogP contribution < -0.4 is 5.32 Å². The Bertz CT molecular complexity index is 386. The molecule has 0 saturated carbocycles. The Hall–Kier alpha value is -1.15. The predicted octanol–water partition coefficient (Wildman–Crippen LogP) is 2.76. The molecule has 1 aliphatic heterocycles. The van der Waals surface area contributed by atoms with Crippen molar-refractivity contribution in [3.8, 4) is 0 Å². The number of hydrogen-bond acceptors (Lipinski definition) is 1. The van der Waals surface area contributed by atoms with Crippen molar-refractivity contribution >= 4 is 0 Å². The maximum atomic E-state index is 13.1. The third-order valence-electron chi connectivity index (χ3n) is 3.12. The molecule has 80 valence electrons. The van der Waals surface area contributed by atoms with Crippen molar-refractivity contribution in [1.29, 1.82) is 0 Å². The van der Waals surface area contributed by atoms with Gasteiger partial charge in [-0.25, -0.2) is 4.39 Å². The summed E-state index contributed by atoms with van der Waals surface area (Å²) in [5, 5.41) is 3.48. The fraction of sp³-hybridized carbons (Fsp3) is 0.385. The Morgan fingerprint density at radius 3 is 3.13 bits per heavy atom. The van der Waals surface area contributed by atoms with Crippen LogP contribution in [0, 0.1) is 5.82 Å². The molecule has 1 atom stereocenters. The number of fused-ring (bicyclic) bond motifs is 1. The molecule has 1 aromatic rings. The molecule has 2 rings (SSSR count). The third-order valence-corrected chi connectivity index (χ3v) is 3.12. The van der Waals surface area contributed by atoms with E-state index in [4.69, 9.17) is 0 Å². The fourth-order valence-electron chi connectivity index (χ4n) is 2.35. The van der Waals surface area contributed by atoms with E-state index in [1.807, 2.05) is 12.1 Å². The summed E-state index contributed by atoms with van der Waals surface area (Å²) in [4.78, 5) is 0. The molecule has 0 fully saturated rings. The molecule has 1 unspecified atom stereocenters. The van der Waals surface area contributed by atoms with Gasteiger partial charge in [0.05, 0.1) is 0 Å². The van der Waals surface area contributed by atoms with Gasteiger partial charge in [-0.1, -0.05) is 12.1 Å². The maximum Gasteiger partial charge on any atom is 0.123 e. The van der Waals surface area contributed by atoms with Crippen LogP contribution in [-0.4, -0.2) is 6.54 Å². The van der Waals surface area contributed by atoms with E-state index in [2.05, 4.69) is 18.8 Å². The first-order valence-corrected chi connectivity index (χ1v) is 5.30. The quantitative estimate of drug-likeness (QED) is 0.732. The van der Waals surface area contributed by atoms with Crippen molar-refractivity contribution < 1.29 is 4.39 Å². The van der Waals surface area contributed by atoms with Crippen LogP contribution in [0.15, 0.2) is 30.9 Å². The Morgan fingerprint density at radius 1 is 1.60 bits per heavy atom. The molecule has 1 heterocycles. The summed E-state index contributed by atoms with van der Waals surface area (Å²) in [6.07, 6.45) is 3.68. The van der Waals surface area contributed by atoms with Gasteiger partial charge in [-0.3, -0.25) is 0 Å². The van der Waals surface area contributed by atoms with E-state index in [9.17, 15) is 4.39 Å². The lowest BCUT2D eigenvalue weighted by atomic mass is 9.81. The SMILES string of the molecule is C=CCC1(C)NCCc2cc(F)ccc21. The van der Waals surface area contributed by atoms with E-state index >= 15 is 0 Å². The van der Waals surface area contributed by atoms with Gasteiger partial charge in [0.15, 0.2) is 0 Å². The van der Waals surface area contributed by atoms with Crippen molar-refractivity contribution in [2.45, 2.75) is 25.3 Å². The third kappa shape index (κ3) is 1.82. The monoisotopic (exact) mass is 205 g/mol. The summed E-state index contributed by atoms with van der Waals surface area (Å²) >= 11 is 0. The lowest BCUT2D eigenvalue weighted by Crippen LogP contribution is -2.44. The average Bonchev–Trinajstić information content (AvgIpc) is 2.17. The molecule has 0 saturated heterocycles. The Kier molecular flexibility index (Phi) is 2.61. The van der Waals surface area contributed by atoms with Crippen molar-refractivity contribution in [3.05, 3.63) is 47.8 Å². The van der Waals surface area contributed by atoms with Crippen molar-refractivity contribution in [3.63, 3.8) is 0 Å². The second-order valence-electron chi connectivity index (χ2n) is 4.30. The van der Waals surface area contributed by atoms with Gasteiger partial charge in [0.25, 0.3) is 0 Å². The predicted molar refractivity (Wildman–Crippen MR) is 60.3 cm³/mol. The minimum atomic E-state index is -0.142. The first kappa shape index (κ1) is 10.4. The summed E-state index contributed by atoms with van der Waals surface area (Å²) in [6, 6.07) is 5.07. The van der Waals surface area contributed by atoms with Crippen molar-refractivity contribution in [2.75, 3.05) is 6.54 Å². The highest BCUT2D eigenvalue weighted by molar-refractivity contribution is 5.36. The van der Waals surface area contributed by atoms with Gasteiger partial charge >= 0.3 is 0 Å². The van der Waals surface area contributed by atoms with Crippen molar-refractivity contribution in [1.82, 2.24) is 5.32 Å². The van der Waals surface area contributed by atoms with E-state index in [1.165, 1.54) is 11.6 Å². The second kappa shape index (κ2) is 3.78. The zero-order chi connectivity index (χ0) is 10.9. The number of hydrogen-bond donors (Lipinski definition) is 1. The van der Waals surface area contributed by atoms with Crippen LogP contribution in [0.2, 0.25) is 0 Å². The van der Waals surface area contributed by atoms with Gasteiger partial charge < -0.3 is 5.32 Å². The summed E-state index contributed by atoms with van der Waals surface area (Å²) < 4.78 is 13.1. The number of nitrogens with one attached hydrogen (secondary N) is 1. The van der Waals surface area contributed by atoms with Crippen LogP contribution in [0.4, 0.5) is 4.39 Å². The minimum absolute atomic E-state index is 0.0803. The molecule has 0 bridgehead atoms. The largest absolute Gasteiger partial charge is 0.307 e. The molecular formula is C13H16FN. The van der Waals surface area contributed by atoms with Crippen LogP contribution in [-0.2, 0) is 12.0 Å². The van der Waals surface area contributed by atoms with Gasteiger partial charge in [0.1, 0.15) is 5.82 Å². The smallest absolute Gasteiger partial charge is 0.123 e. The average molecular weight is 205 g/mol. The van der Waals surface area contributed by atoms with E-state index in [0.717, 1.165) is 24.9 Å². The Morgan fingerprint density at radius 2 is 2.40 bits per heavy atom. The minimum Gasteiger partial charge on any atom is -0.307 e. The van der Waals surface area contributed by atoms with Crippen LogP contribution >= 0.6 is 0 Å². The van der Waals surface area contributed by atoms with Crippen LogP contribution in [0.25, 0.3) is 0 Å². The van der Waals surface area contributed by atoms with Gasteiger partial charge in [-0.2, -0.15) is 0 Å². The summed E-state index contributed by atoms with van der Waals surface area (Å²) in [7, 11) is 0. The lowest BCUT2D eigenvalue weighted by molar-refractivity contribution is 0.350. The Balaban J connectivity index is 2.46. The molecule has 0 aliphatic carbocycles. The second-order valence-corrected chi connectivity index (χ2v) is 4.30. The molecule has 0 aromatic heterocycles. The molecule has 0 spiro atoms. The van der Waals surface area contributed by atoms with E-state index < -0.39 is 0 Å². The molecule has 1 nitrogen and oxygen atoms in total. The van der Waals surface area contributed by atoms with Crippen LogP contribution in [0.1, 0.15) is 24.5 Å². The summed E-state index contributed by atoms with van der Waals surface area (Å²) in [5.74, 6) is -0.142. The molecule has 0 radical (unpaired) electrons. The van der Waals surface area contributed by atoms with Gasteiger partial charge in [0, 0.05) is 12.1 Å². The summed E-state index contributed by atoms with van der Waals surface area (Å²) in [5.41, 5.74) is 2.25. The molecule has 2 heteroatoms. The lowest BCUT2D eigenvalue weighted by Gasteiger charge is -2.36. The number of benzene rings is 1. The Labute approximate surface area is 90.0 Å². The molecule has 1 aromatic carbocycles. The first-order valence-electron chi connectivity index (χ1n) is 5.30. The van der Waals surface area contributed by atoms with Gasteiger partial charge in [-0.15, -0.1) is 6.58 Å². The molecule has 15 heavy (non-hydrogen) atoms. The fourth-order valence-corrected chi connectivity index (χ4v) is 2.35. The highest BCUT2D eigenvalue weighted by Crippen LogP contribution is 2.31. The molecule has 0 amide bonds. The topological polar surface area (TPSA) is 12.0 Å². The zero-order valence-electron chi connectivity index (χ0n) is 9.02. The highest BCUT2D eigenvalue weighted by atomic mass is 19.1. The molecule has 1 N–H and O–H groups in total. The zero-order valence-corrected chi connectivity index (χ0v) is 9.02. The van der Waals surface area contributed by atoms with E-state index in [0.29, 0.717) is 0 Å².